The Bertz CT molecular complexity index is 987. The third-order valence-electron chi connectivity index (χ3n) is 4.87. The van der Waals surface area contributed by atoms with E-state index in [9.17, 15) is 10.1 Å². The standard InChI is InChI=1S/C24H20N2O3/c25-16-21-23(28-24(27)20-14-8-3-9-15-20)22(19-12-6-2-7-13-19)26(29-21)17-18-10-4-1-5-11-18/h1-15,21-23H,17H2/t21-,22+,23-/m0/s1. The highest BCUT2D eigenvalue weighted by Crippen LogP contribution is 2.38. The Balaban J connectivity index is 1.65. The molecular weight excluding hydrogens is 364 g/mol. The van der Waals surface area contributed by atoms with E-state index in [0.29, 0.717) is 12.1 Å². The van der Waals surface area contributed by atoms with Crippen LogP contribution in [0.4, 0.5) is 0 Å². The van der Waals surface area contributed by atoms with Crippen LogP contribution in [-0.2, 0) is 16.1 Å². The smallest absolute Gasteiger partial charge is 0.338 e. The summed E-state index contributed by atoms with van der Waals surface area (Å²) in [4.78, 5) is 18.6. The fourth-order valence-corrected chi connectivity index (χ4v) is 3.50. The Morgan fingerprint density at radius 3 is 2.14 bits per heavy atom. The van der Waals surface area contributed by atoms with Gasteiger partial charge in [-0.25, -0.2) is 4.79 Å². The highest BCUT2D eigenvalue weighted by atomic mass is 16.7. The lowest BCUT2D eigenvalue weighted by atomic mass is 9.98. The molecule has 144 valence electrons. The Morgan fingerprint density at radius 1 is 0.931 bits per heavy atom. The van der Waals surface area contributed by atoms with Crippen LogP contribution in [0.5, 0.6) is 0 Å². The highest BCUT2D eigenvalue weighted by molar-refractivity contribution is 5.89. The van der Waals surface area contributed by atoms with Gasteiger partial charge in [0.05, 0.1) is 12.1 Å². The molecule has 0 aromatic heterocycles. The minimum Gasteiger partial charge on any atom is -0.453 e. The van der Waals surface area contributed by atoms with Crippen molar-refractivity contribution >= 4 is 5.97 Å². The van der Waals surface area contributed by atoms with Crippen molar-refractivity contribution in [1.29, 1.82) is 5.26 Å². The van der Waals surface area contributed by atoms with Crippen molar-refractivity contribution in [2.24, 2.45) is 0 Å². The van der Waals surface area contributed by atoms with Crippen molar-refractivity contribution in [1.82, 2.24) is 5.06 Å². The largest absolute Gasteiger partial charge is 0.453 e. The molecule has 1 aliphatic rings. The van der Waals surface area contributed by atoms with E-state index < -0.39 is 24.2 Å². The van der Waals surface area contributed by atoms with Crippen molar-refractivity contribution in [2.45, 2.75) is 24.8 Å². The number of nitriles is 1. The molecule has 1 heterocycles. The molecule has 3 aromatic rings. The number of hydrogen-bond acceptors (Lipinski definition) is 5. The van der Waals surface area contributed by atoms with Gasteiger partial charge in [-0.1, -0.05) is 78.9 Å². The second kappa shape index (κ2) is 8.70. The molecule has 0 bridgehead atoms. The van der Waals surface area contributed by atoms with Crippen LogP contribution in [0.1, 0.15) is 27.5 Å². The number of benzene rings is 3. The third-order valence-corrected chi connectivity index (χ3v) is 4.87. The number of nitrogens with zero attached hydrogens (tertiary/aromatic N) is 2. The Morgan fingerprint density at radius 2 is 1.52 bits per heavy atom. The predicted octanol–water partition coefficient (Wildman–Crippen LogP) is 4.29. The first-order chi connectivity index (χ1) is 14.3. The van der Waals surface area contributed by atoms with Gasteiger partial charge in [0.1, 0.15) is 12.1 Å². The van der Waals surface area contributed by atoms with Gasteiger partial charge < -0.3 is 4.74 Å². The molecule has 0 aliphatic carbocycles. The van der Waals surface area contributed by atoms with Crippen LogP contribution in [0, 0.1) is 11.3 Å². The van der Waals surface area contributed by atoms with Gasteiger partial charge in [-0.05, 0) is 23.3 Å². The van der Waals surface area contributed by atoms with Crippen LogP contribution in [0.2, 0.25) is 0 Å². The van der Waals surface area contributed by atoms with E-state index in [1.807, 2.05) is 66.7 Å². The van der Waals surface area contributed by atoms with Gasteiger partial charge in [-0.15, -0.1) is 0 Å². The monoisotopic (exact) mass is 384 g/mol. The predicted molar refractivity (Wildman–Crippen MR) is 107 cm³/mol. The number of carbonyl (C=O) groups is 1. The molecule has 0 N–H and O–H groups in total. The first kappa shape index (κ1) is 18.9. The molecule has 0 unspecified atom stereocenters. The molecule has 0 amide bonds. The maximum atomic E-state index is 12.7. The molecule has 4 rings (SSSR count). The number of hydrogen-bond donors (Lipinski definition) is 0. The summed E-state index contributed by atoms with van der Waals surface area (Å²) in [5, 5.41) is 11.4. The summed E-state index contributed by atoms with van der Waals surface area (Å²) in [6, 6.07) is 30.1. The molecule has 1 aliphatic heterocycles. The molecule has 1 saturated heterocycles. The number of esters is 1. The van der Waals surface area contributed by atoms with E-state index in [1.165, 1.54) is 0 Å². The number of rotatable bonds is 5. The topological polar surface area (TPSA) is 62.6 Å². The Kier molecular flexibility index (Phi) is 5.66. The van der Waals surface area contributed by atoms with E-state index in [0.717, 1.165) is 11.1 Å². The zero-order valence-corrected chi connectivity index (χ0v) is 15.7. The summed E-state index contributed by atoms with van der Waals surface area (Å²) in [7, 11) is 0. The summed E-state index contributed by atoms with van der Waals surface area (Å²) < 4.78 is 5.81. The summed E-state index contributed by atoms with van der Waals surface area (Å²) in [5.74, 6) is -0.470. The lowest BCUT2D eigenvalue weighted by Gasteiger charge is -2.25. The molecule has 29 heavy (non-hydrogen) atoms. The maximum absolute atomic E-state index is 12.7. The minimum absolute atomic E-state index is 0.395. The molecule has 0 saturated carbocycles. The highest BCUT2D eigenvalue weighted by Gasteiger charge is 2.47. The lowest BCUT2D eigenvalue weighted by Crippen LogP contribution is -2.32. The van der Waals surface area contributed by atoms with Crippen LogP contribution in [0.3, 0.4) is 0 Å². The van der Waals surface area contributed by atoms with Crippen molar-refractivity contribution in [3.63, 3.8) is 0 Å². The third kappa shape index (κ3) is 4.19. The average Bonchev–Trinajstić information content (AvgIpc) is 3.12. The number of carbonyl (C=O) groups excluding carboxylic acids is 1. The molecule has 5 heteroatoms. The van der Waals surface area contributed by atoms with E-state index >= 15 is 0 Å². The average molecular weight is 384 g/mol. The lowest BCUT2D eigenvalue weighted by molar-refractivity contribution is -0.158. The van der Waals surface area contributed by atoms with Crippen LogP contribution in [0.25, 0.3) is 0 Å². The van der Waals surface area contributed by atoms with E-state index in [1.54, 1.807) is 29.3 Å². The molecule has 1 fully saturated rings. The van der Waals surface area contributed by atoms with Gasteiger partial charge in [-0.3, -0.25) is 4.84 Å². The van der Waals surface area contributed by atoms with Gasteiger partial charge in [0, 0.05) is 0 Å². The van der Waals surface area contributed by atoms with Gasteiger partial charge in [0.2, 0.25) is 6.10 Å². The summed E-state index contributed by atoms with van der Waals surface area (Å²) >= 11 is 0. The second-order valence-corrected chi connectivity index (χ2v) is 6.81. The number of hydroxylamine groups is 2. The molecule has 3 aromatic carbocycles. The zero-order valence-electron chi connectivity index (χ0n) is 15.7. The fourth-order valence-electron chi connectivity index (χ4n) is 3.50. The maximum Gasteiger partial charge on any atom is 0.338 e. The molecule has 5 nitrogen and oxygen atoms in total. The van der Waals surface area contributed by atoms with Gasteiger partial charge >= 0.3 is 5.97 Å². The van der Waals surface area contributed by atoms with Gasteiger partial charge in [0.15, 0.2) is 6.10 Å². The van der Waals surface area contributed by atoms with E-state index in [2.05, 4.69) is 6.07 Å². The summed E-state index contributed by atoms with van der Waals surface area (Å²) in [6.45, 7) is 0.470. The van der Waals surface area contributed by atoms with Crippen LogP contribution < -0.4 is 0 Å². The van der Waals surface area contributed by atoms with Crippen LogP contribution in [0.15, 0.2) is 91.0 Å². The van der Waals surface area contributed by atoms with Crippen LogP contribution in [-0.4, -0.2) is 23.2 Å². The summed E-state index contributed by atoms with van der Waals surface area (Å²) in [6.07, 6.45) is -1.64. The van der Waals surface area contributed by atoms with E-state index in [4.69, 9.17) is 9.57 Å². The first-order valence-electron chi connectivity index (χ1n) is 9.44. The summed E-state index contributed by atoms with van der Waals surface area (Å²) in [5.41, 5.74) is 2.41. The first-order valence-corrected chi connectivity index (χ1v) is 9.44. The number of ether oxygens (including phenoxy) is 1. The Hall–Kier alpha value is -3.46. The second-order valence-electron chi connectivity index (χ2n) is 6.81. The van der Waals surface area contributed by atoms with Gasteiger partial charge in [0.25, 0.3) is 0 Å². The zero-order chi connectivity index (χ0) is 20.1. The van der Waals surface area contributed by atoms with Crippen LogP contribution >= 0.6 is 0 Å². The Labute approximate surface area is 169 Å². The molecule has 0 spiro atoms. The fraction of sp³-hybridized carbons (Fsp3) is 0.167. The quantitative estimate of drug-likeness (QED) is 0.614. The molecule has 0 radical (unpaired) electrons. The van der Waals surface area contributed by atoms with E-state index in [-0.39, 0.29) is 0 Å². The van der Waals surface area contributed by atoms with Crippen molar-refractivity contribution < 1.29 is 14.4 Å². The van der Waals surface area contributed by atoms with Crippen molar-refractivity contribution in [3.05, 3.63) is 108 Å². The molecule has 3 atom stereocenters. The van der Waals surface area contributed by atoms with Gasteiger partial charge in [-0.2, -0.15) is 10.3 Å². The van der Waals surface area contributed by atoms with Crippen molar-refractivity contribution in [3.8, 4) is 6.07 Å². The molecular formula is C24H20N2O3. The normalized spacial score (nSPS) is 21.4. The SMILES string of the molecule is N#C[C@@H]1ON(Cc2ccccc2)[C@H](c2ccccc2)[C@H]1OC(=O)c1ccccc1. The van der Waals surface area contributed by atoms with Crippen molar-refractivity contribution in [2.75, 3.05) is 0 Å². The minimum atomic E-state index is -0.892.